The van der Waals surface area contributed by atoms with Crippen LogP contribution in [0.2, 0.25) is 0 Å². The summed E-state index contributed by atoms with van der Waals surface area (Å²) in [5.41, 5.74) is 1.86. The summed E-state index contributed by atoms with van der Waals surface area (Å²) in [4.78, 5) is 13.9. The van der Waals surface area contributed by atoms with Gasteiger partial charge in [-0.25, -0.2) is 4.79 Å². The van der Waals surface area contributed by atoms with E-state index in [1.165, 1.54) is 0 Å². The first-order chi connectivity index (χ1) is 8.97. The number of aliphatic hydroxyl groups excluding tert-OH is 1. The highest BCUT2D eigenvalue weighted by molar-refractivity contribution is 14.1. The molecule has 19 heavy (non-hydrogen) atoms. The van der Waals surface area contributed by atoms with Gasteiger partial charge in [-0.3, -0.25) is 0 Å². The normalized spacial score (nSPS) is 19.4. The van der Waals surface area contributed by atoms with Gasteiger partial charge in [-0.1, -0.05) is 15.9 Å². The van der Waals surface area contributed by atoms with Gasteiger partial charge in [-0.05, 0) is 60.1 Å². The molecule has 2 N–H and O–H groups in total. The topological polar surface area (TPSA) is 52.6 Å². The van der Waals surface area contributed by atoms with Crippen molar-refractivity contribution in [2.75, 3.05) is 18.4 Å². The maximum atomic E-state index is 12.2. The standard InChI is InChI=1S/C13H16BrIN2O2/c1-8-5-9(14)6-11(15)12(8)16-13(19)17-4-2-3-10(18)7-17/h5-6,10,18H,2-4,7H2,1H3,(H,16,19)/t10-/m0/s1. The van der Waals surface area contributed by atoms with E-state index in [1.807, 2.05) is 19.1 Å². The molecule has 0 bridgehead atoms. The van der Waals surface area contributed by atoms with Crippen molar-refractivity contribution < 1.29 is 9.90 Å². The number of amides is 2. The van der Waals surface area contributed by atoms with Crippen LogP contribution in [0, 0.1) is 10.5 Å². The van der Waals surface area contributed by atoms with Crippen molar-refractivity contribution in [3.63, 3.8) is 0 Å². The lowest BCUT2D eigenvalue weighted by molar-refractivity contribution is 0.0883. The lowest BCUT2D eigenvalue weighted by Crippen LogP contribution is -2.44. The van der Waals surface area contributed by atoms with Gasteiger partial charge >= 0.3 is 6.03 Å². The van der Waals surface area contributed by atoms with Crippen molar-refractivity contribution in [3.05, 3.63) is 25.7 Å². The number of aliphatic hydroxyl groups is 1. The van der Waals surface area contributed by atoms with E-state index >= 15 is 0 Å². The second-order valence-corrected chi connectivity index (χ2v) is 6.83. The van der Waals surface area contributed by atoms with Crippen LogP contribution in [0.15, 0.2) is 16.6 Å². The molecule has 1 aromatic rings. The van der Waals surface area contributed by atoms with Crippen molar-refractivity contribution in [3.8, 4) is 0 Å². The number of β-amino-alcohol motifs (C(OH)–C–C–N with tert-alkyl or cyclic N) is 1. The number of rotatable bonds is 1. The average molecular weight is 439 g/mol. The van der Waals surface area contributed by atoms with Crippen molar-refractivity contribution in [1.82, 2.24) is 4.90 Å². The number of carbonyl (C=O) groups excluding carboxylic acids is 1. The van der Waals surface area contributed by atoms with Gasteiger partial charge in [-0.15, -0.1) is 0 Å². The SMILES string of the molecule is Cc1cc(Br)cc(I)c1NC(=O)N1CCC[C@H](O)C1. The Bertz CT molecular complexity index is 473. The number of hydrogen-bond donors (Lipinski definition) is 2. The number of aryl methyl sites for hydroxylation is 1. The minimum Gasteiger partial charge on any atom is -0.391 e. The fraction of sp³-hybridized carbons (Fsp3) is 0.462. The second kappa shape index (κ2) is 6.41. The zero-order valence-corrected chi connectivity index (χ0v) is 14.4. The molecule has 0 aromatic heterocycles. The number of halogens is 2. The van der Waals surface area contributed by atoms with Gasteiger partial charge in [0.1, 0.15) is 0 Å². The highest BCUT2D eigenvalue weighted by Crippen LogP contribution is 2.27. The minimum atomic E-state index is -0.399. The van der Waals surface area contributed by atoms with Crippen molar-refractivity contribution in [2.24, 2.45) is 0 Å². The molecule has 1 atom stereocenters. The zero-order valence-electron chi connectivity index (χ0n) is 10.6. The van der Waals surface area contributed by atoms with Crippen LogP contribution in [0.25, 0.3) is 0 Å². The summed E-state index contributed by atoms with van der Waals surface area (Å²) in [6.07, 6.45) is 1.23. The first kappa shape index (κ1) is 15.1. The number of piperidine rings is 1. The smallest absolute Gasteiger partial charge is 0.321 e. The van der Waals surface area contributed by atoms with E-state index in [9.17, 15) is 9.90 Å². The van der Waals surface area contributed by atoms with Crippen LogP contribution in [0.4, 0.5) is 10.5 Å². The molecule has 6 heteroatoms. The molecule has 0 saturated carbocycles. The Balaban J connectivity index is 2.10. The Morgan fingerprint density at radius 2 is 2.32 bits per heavy atom. The predicted molar refractivity (Wildman–Crippen MR) is 87.4 cm³/mol. The molecule has 0 aliphatic carbocycles. The third kappa shape index (κ3) is 3.82. The minimum absolute atomic E-state index is 0.137. The quantitative estimate of drug-likeness (QED) is 0.660. The van der Waals surface area contributed by atoms with Crippen LogP contribution < -0.4 is 5.32 Å². The number of urea groups is 1. The molecule has 2 amide bonds. The van der Waals surface area contributed by atoms with Gasteiger partial charge in [0.25, 0.3) is 0 Å². The van der Waals surface area contributed by atoms with Crippen molar-refractivity contribution in [1.29, 1.82) is 0 Å². The largest absolute Gasteiger partial charge is 0.391 e. The van der Waals surface area contributed by atoms with E-state index in [4.69, 9.17) is 0 Å². The summed E-state index contributed by atoms with van der Waals surface area (Å²) in [5, 5.41) is 12.6. The molecule has 1 aliphatic rings. The molecular formula is C13H16BrIN2O2. The van der Waals surface area contributed by atoms with Gasteiger partial charge in [0.15, 0.2) is 0 Å². The Kier molecular flexibility index (Phi) is 5.08. The molecule has 1 fully saturated rings. The average Bonchev–Trinajstić information content (AvgIpc) is 2.33. The number of benzene rings is 1. The number of nitrogens with zero attached hydrogens (tertiary/aromatic N) is 1. The van der Waals surface area contributed by atoms with Gasteiger partial charge < -0.3 is 15.3 Å². The third-order valence-corrected chi connectivity index (χ3v) is 4.48. The Morgan fingerprint density at radius 1 is 1.58 bits per heavy atom. The molecule has 2 rings (SSSR count). The fourth-order valence-electron chi connectivity index (χ4n) is 2.19. The van der Waals surface area contributed by atoms with E-state index in [0.717, 1.165) is 32.1 Å². The Labute approximate surface area is 134 Å². The third-order valence-electron chi connectivity index (χ3n) is 3.17. The first-order valence-electron chi connectivity index (χ1n) is 6.17. The molecule has 1 aromatic carbocycles. The summed E-state index contributed by atoms with van der Waals surface area (Å²) < 4.78 is 2.00. The molecule has 0 spiro atoms. The molecule has 0 unspecified atom stereocenters. The molecule has 1 aliphatic heterocycles. The predicted octanol–water partition coefficient (Wildman–Crippen LogP) is 3.35. The lowest BCUT2D eigenvalue weighted by atomic mass is 10.1. The summed E-state index contributed by atoms with van der Waals surface area (Å²) in [7, 11) is 0. The van der Waals surface area contributed by atoms with E-state index in [1.54, 1.807) is 4.90 Å². The number of anilines is 1. The van der Waals surface area contributed by atoms with Crippen LogP contribution in [0.5, 0.6) is 0 Å². The van der Waals surface area contributed by atoms with E-state index < -0.39 is 6.10 Å². The van der Waals surface area contributed by atoms with Crippen molar-refractivity contribution >= 4 is 50.2 Å². The molecule has 1 saturated heterocycles. The highest BCUT2D eigenvalue weighted by Gasteiger charge is 2.22. The van der Waals surface area contributed by atoms with Gasteiger partial charge in [-0.2, -0.15) is 0 Å². The molecule has 4 nitrogen and oxygen atoms in total. The number of carbonyl (C=O) groups is 1. The fourth-order valence-corrected chi connectivity index (χ4v) is 4.08. The number of nitrogens with one attached hydrogen (secondary N) is 1. The molecule has 104 valence electrons. The Hall–Kier alpha value is -0.340. The van der Waals surface area contributed by atoms with Gasteiger partial charge in [0, 0.05) is 21.1 Å². The molecule has 1 heterocycles. The lowest BCUT2D eigenvalue weighted by Gasteiger charge is -2.30. The summed E-state index contributed by atoms with van der Waals surface area (Å²) in [6, 6.07) is 3.80. The zero-order chi connectivity index (χ0) is 14.0. The summed E-state index contributed by atoms with van der Waals surface area (Å²) in [5.74, 6) is 0. The van der Waals surface area contributed by atoms with Crippen LogP contribution >= 0.6 is 38.5 Å². The highest BCUT2D eigenvalue weighted by atomic mass is 127. The van der Waals surface area contributed by atoms with Crippen LogP contribution in [-0.2, 0) is 0 Å². The van der Waals surface area contributed by atoms with E-state index in [0.29, 0.717) is 13.1 Å². The molecular weight excluding hydrogens is 423 g/mol. The Morgan fingerprint density at radius 3 is 2.95 bits per heavy atom. The summed E-state index contributed by atoms with van der Waals surface area (Å²) in [6.45, 7) is 3.08. The second-order valence-electron chi connectivity index (χ2n) is 4.75. The van der Waals surface area contributed by atoms with Crippen LogP contribution in [-0.4, -0.2) is 35.2 Å². The number of likely N-dealkylation sites (tertiary alicyclic amines) is 1. The monoisotopic (exact) mass is 438 g/mol. The van der Waals surface area contributed by atoms with E-state index in [-0.39, 0.29) is 6.03 Å². The first-order valence-corrected chi connectivity index (χ1v) is 8.04. The molecule has 0 radical (unpaired) electrons. The van der Waals surface area contributed by atoms with Crippen LogP contribution in [0.3, 0.4) is 0 Å². The number of hydrogen-bond acceptors (Lipinski definition) is 2. The van der Waals surface area contributed by atoms with Crippen molar-refractivity contribution in [2.45, 2.75) is 25.9 Å². The summed E-state index contributed by atoms with van der Waals surface area (Å²) >= 11 is 5.64. The van der Waals surface area contributed by atoms with Gasteiger partial charge in [0.05, 0.1) is 11.8 Å². The maximum absolute atomic E-state index is 12.2. The van der Waals surface area contributed by atoms with Crippen LogP contribution in [0.1, 0.15) is 18.4 Å². The maximum Gasteiger partial charge on any atom is 0.321 e. The van der Waals surface area contributed by atoms with E-state index in [2.05, 4.69) is 43.8 Å². The van der Waals surface area contributed by atoms with Gasteiger partial charge in [0.2, 0.25) is 0 Å².